The van der Waals surface area contributed by atoms with Crippen LogP contribution in [0, 0.1) is 0 Å². The number of ether oxygens (including phenoxy) is 3. The third-order valence-corrected chi connectivity index (χ3v) is 3.26. The molecule has 0 aliphatic rings. The molecule has 1 aromatic heterocycles. The first-order valence-electron chi connectivity index (χ1n) is 6.92. The molecular weight excluding hydrogens is 330 g/mol. The van der Waals surface area contributed by atoms with E-state index in [1.165, 1.54) is 21.3 Å². The number of benzene rings is 1. The van der Waals surface area contributed by atoms with E-state index in [0.29, 0.717) is 28.6 Å². The summed E-state index contributed by atoms with van der Waals surface area (Å²) in [6.07, 6.45) is 1.62. The summed E-state index contributed by atoms with van der Waals surface area (Å²) in [6.45, 7) is 0. The van der Waals surface area contributed by atoms with Gasteiger partial charge in [0.2, 0.25) is 5.75 Å². The van der Waals surface area contributed by atoms with E-state index in [1.54, 1.807) is 36.5 Å². The van der Waals surface area contributed by atoms with Crippen LogP contribution in [0.4, 0.5) is 5.82 Å². The number of nitrogens with zero attached hydrogens (tertiary/aromatic N) is 1. The molecule has 2 rings (SSSR count). The van der Waals surface area contributed by atoms with Gasteiger partial charge in [0, 0.05) is 11.8 Å². The molecule has 0 spiro atoms. The second kappa shape index (κ2) is 8.11. The molecule has 126 valence electrons. The van der Waals surface area contributed by atoms with E-state index < -0.39 is 5.91 Å². The number of anilines is 1. The lowest BCUT2D eigenvalue weighted by Crippen LogP contribution is -2.34. The number of aromatic nitrogens is 1. The molecule has 2 aromatic rings. The van der Waals surface area contributed by atoms with E-state index >= 15 is 0 Å². The smallest absolute Gasteiger partial charge is 0.257 e. The predicted molar refractivity (Wildman–Crippen MR) is 94.0 cm³/mol. The molecule has 0 saturated heterocycles. The molecule has 1 aromatic carbocycles. The Morgan fingerprint density at radius 2 is 1.75 bits per heavy atom. The van der Waals surface area contributed by atoms with Crippen molar-refractivity contribution >= 4 is 29.1 Å². The lowest BCUT2D eigenvalue weighted by molar-refractivity contribution is 0.0977. The number of thiocarbonyl (C=S) groups is 1. The molecule has 0 radical (unpaired) electrons. The van der Waals surface area contributed by atoms with Gasteiger partial charge in [0.25, 0.3) is 5.91 Å². The summed E-state index contributed by atoms with van der Waals surface area (Å²) in [5.41, 5.74) is 0.315. The molecule has 0 bridgehead atoms. The largest absolute Gasteiger partial charge is 0.493 e. The van der Waals surface area contributed by atoms with Crippen LogP contribution in [0.5, 0.6) is 17.2 Å². The number of pyridine rings is 1. The second-order valence-corrected chi connectivity index (χ2v) is 4.95. The molecule has 0 aliphatic carbocycles. The van der Waals surface area contributed by atoms with Crippen molar-refractivity contribution in [1.82, 2.24) is 10.3 Å². The molecule has 0 aliphatic heterocycles. The number of hydrogen-bond donors (Lipinski definition) is 2. The van der Waals surface area contributed by atoms with Crippen LogP contribution in [0.2, 0.25) is 0 Å². The zero-order chi connectivity index (χ0) is 17.5. The third kappa shape index (κ3) is 4.11. The number of carbonyl (C=O) groups excluding carboxylic acids is 1. The van der Waals surface area contributed by atoms with Gasteiger partial charge in [0.05, 0.1) is 21.3 Å². The first kappa shape index (κ1) is 17.5. The summed E-state index contributed by atoms with van der Waals surface area (Å²) in [6, 6.07) is 8.40. The number of hydrogen-bond acceptors (Lipinski definition) is 6. The highest BCUT2D eigenvalue weighted by Gasteiger charge is 2.17. The Bertz CT molecular complexity index is 712. The predicted octanol–water partition coefficient (Wildman–Crippen LogP) is 2.23. The zero-order valence-electron chi connectivity index (χ0n) is 13.5. The monoisotopic (exact) mass is 347 g/mol. The van der Waals surface area contributed by atoms with Gasteiger partial charge in [-0.05, 0) is 36.5 Å². The van der Waals surface area contributed by atoms with Gasteiger partial charge in [-0.15, -0.1) is 0 Å². The lowest BCUT2D eigenvalue weighted by Gasteiger charge is -2.14. The summed E-state index contributed by atoms with van der Waals surface area (Å²) in [4.78, 5) is 16.4. The van der Waals surface area contributed by atoms with E-state index in [9.17, 15) is 4.79 Å². The van der Waals surface area contributed by atoms with Crippen LogP contribution in [-0.4, -0.2) is 37.3 Å². The molecule has 1 heterocycles. The van der Waals surface area contributed by atoms with Gasteiger partial charge >= 0.3 is 0 Å². The van der Waals surface area contributed by atoms with Gasteiger partial charge in [-0.25, -0.2) is 4.98 Å². The first-order chi connectivity index (χ1) is 11.6. The summed E-state index contributed by atoms with van der Waals surface area (Å²) < 4.78 is 15.7. The quantitative estimate of drug-likeness (QED) is 0.803. The molecule has 0 unspecified atom stereocenters. The molecule has 2 N–H and O–H groups in total. The van der Waals surface area contributed by atoms with Crippen molar-refractivity contribution in [3.63, 3.8) is 0 Å². The second-order valence-electron chi connectivity index (χ2n) is 4.54. The molecule has 0 saturated carbocycles. The summed E-state index contributed by atoms with van der Waals surface area (Å²) >= 11 is 5.11. The highest BCUT2D eigenvalue weighted by molar-refractivity contribution is 7.80. The topological polar surface area (TPSA) is 81.7 Å². The van der Waals surface area contributed by atoms with Crippen molar-refractivity contribution in [3.05, 3.63) is 42.1 Å². The highest BCUT2D eigenvalue weighted by atomic mass is 32.1. The SMILES string of the molecule is COc1cc(C(=O)NC(=S)Nc2ccccn2)cc(OC)c1OC. The fraction of sp³-hybridized carbons (Fsp3) is 0.188. The van der Waals surface area contributed by atoms with E-state index in [2.05, 4.69) is 15.6 Å². The van der Waals surface area contributed by atoms with Gasteiger partial charge < -0.3 is 19.5 Å². The maximum Gasteiger partial charge on any atom is 0.257 e. The van der Waals surface area contributed by atoms with Gasteiger partial charge in [0.15, 0.2) is 16.6 Å². The Kier molecular flexibility index (Phi) is 5.91. The maximum atomic E-state index is 12.4. The summed E-state index contributed by atoms with van der Waals surface area (Å²) in [5.74, 6) is 1.29. The molecule has 8 heteroatoms. The number of methoxy groups -OCH3 is 3. The Morgan fingerprint density at radius 1 is 1.08 bits per heavy atom. The normalized spacial score (nSPS) is 9.79. The number of nitrogens with one attached hydrogen (secondary N) is 2. The Morgan fingerprint density at radius 3 is 2.25 bits per heavy atom. The van der Waals surface area contributed by atoms with Gasteiger partial charge in [-0.2, -0.15) is 0 Å². The maximum absolute atomic E-state index is 12.4. The Labute approximate surface area is 144 Å². The first-order valence-corrected chi connectivity index (χ1v) is 7.33. The van der Waals surface area contributed by atoms with Gasteiger partial charge in [-0.1, -0.05) is 6.07 Å². The number of amides is 1. The van der Waals surface area contributed by atoms with Gasteiger partial charge in [-0.3, -0.25) is 10.1 Å². The van der Waals surface area contributed by atoms with Crippen LogP contribution in [0.25, 0.3) is 0 Å². The standard InChI is InChI=1S/C16H17N3O4S/c1-21-11-8-10(9-12(22-2)14(11)23-3)15(20)19-16(24)18-13-6-4-5-7-17-13/h4-9H,1-3H3,(H2,17,18,19,20,24). The van der Waals surface area contributed by atoms with Crippen molar-refractivity contribution in [3.8, 4) is 17.2 Å². The highest BCUT2D eigenvalue weighted by Crippen LogP contribution is 2.38. The van der Waals surface area contributed by atoms with Crippen LogP contribution in [0.1, 0.15) is 10.4 Å². The van der Waals surface area contributed by atoms with Crippen LogP contribution < -0.4 is 24.8 Å². The number of rotatable bonds is 5. The Hall–Kier alpha value is -2.87. The van der Waals surface area contributed by atoms with Gasteiger partial charge in [0.1, 0.15) is 5.82 Å². The van der Waals surface area contributed by atoms with Crippen LogP contribution in [-0.2, 0) is 0 Å². The minimum absolute atomic E-state index is 0.132. The molecule has 7 nitrogen and oxygen atoms in total. The van der Waals surface area contributed by atoms with Crippen LogP contribution >= 0.6 is 12.2 Å². The average Bonchev–Trinajstić information content (AvgIpc) is 2.60. The van der Waals surface area contributed by atoms with Crippen LogP contribution in [0.3, 0.4) is 0 Å². The molecule has 1 amide bonds. The fourth-order valence-corrected chi connectivity index (χ4v) is 2.17. The Balaban J connectivity index is 2.16. The van der Waals surface area contributed by atoms with Crippen molar-refractivity contribution in [2.75, 3.05) is 26.6 Å². The summed E-state index contributed by atoms with van der Waals surface area (Å²) in [5, 5.41) is 5.53. The minimum Gasteiger partial charge on any atom is -0.493 e. The number of carbonyl (C=O) groups is 1. The fourth-order valence-electron chi connectivity index (χ4n) is 1.97. The third-order valence-electron chi connectivity index (χ3n) is 3.06. The van der Waals surface area contributed by atoms with Crippen LogP contribution in [0.15, 0.2) is 36.5 Å². The molecule has 24 heavy (non-hydrogen) atoms. The molecule has 0 fully saturated rings. The molecule has 0 atom stereocenters. The van der Waals surface area contributed by atoms with Crippen molar-refractivity contribution in [1.29, 1.82) is 0 Å². The van der Waals surface area contributed by atoms with E-state index in [4.69, 9.17) is 26.4 Å². The molecular formula is C16H17N3O4S. The van der Waals surface area contributed by atoms with E-state index in [1.807, 2.05) is 0 Å². The van der Waals surface area contributed by atoms with E-state index in [-0.39, 0.29) is 5.11 Å². The van der Waals surface area contributed by atoms with Crippen molar-refractivity contribution in [2.24, 2.45) is 0 Å². The average molecular weight is 347 g/mol. The summed E-state index contributed by atoms with van der Waals surface area (Å²) in [7, 11) is 4.45. The minimum atomic E-state index is -0.414. The van der Waals surface area contributed by atoms with E-state index in [0.717, 1.165) is 0 Å². The van der Waals surface area contributed by atoms with Crippen molar-refractivity contribution < 1.29 is 19.0 Å². The lowest BCUT2D eigenvalue weighted by atomic mass is 10.1. The van der Waals surface area contributed by atoms with Crippen molar-refractivity contribution in [2.45, 2.75) is 0 Å². The zero-order valence-corrected chi connectivity index (χ0v) is 14.3.